The Labute approximate surface area is 166 Å². The van der Waals surface area contributed by atoms with Crippen molar-refractivity contribution in [2.45, 2.75) is 58.0 Å². The summed E-state index contributed by atoms with van der Waals surface area (Å²) in [5.74, 6) is -0.336. The van der Waals surface area contributed by atoms with Gasteiger partial charge in [-0.1, -0.05) is 31.4 Å². The van der Waals surface area contributed by atoms with Crippen molar-refractivity contribution in [3.05, 3.63) is 29.8 Å². The first-order chi connectivity index (χ1) is 13.3. The summed E-state index contributed by atoms with van der Waals surface area (Å²) in [4.78, 5) is 36.8. The maximum atomic E-state index is 12.5. The predicted molar refractivity (Wildman–Crippen MR) is 105 cm³/mol. The van der Waals surface area contributed by atoms with Crippen LogP contribution in [0, 0.1) is 5.92 Å². The molecule has 1 unspecified atom stereocenters. The van der Waals surface area contributed by atoms with Gasteiger partial charge in [0, 0.05) is 20.0 Å². The molecule has 1 fully saturated rings. The molecule has 1 aliphatic rings. The first kappa shape index (κ1) is 21.7. The zero-order valence-electron chi connectivity index (χ0n) is 16.6. The summed E-state index contributed by atoms with van der Waals surface area (Å²) in [6.07, 6.45) is 6.33. The highest BCUT2D eigenvalue weighted by atomic mass is 16.5. The Morgan fingerprint density at radius 1 is 1.18 bits per heavy atom. The lowest BCUT2D eigenvalue weighted by Crippen LogP contribution is -2.45. The van der Waals surface area contributed by atoms with Gasteiger partial charge < -0.3 is 20.1 Å². The number of benzene rings is 1. The second-order valence-electron chi connectivity index (χ2n) is 7.52. The predicted octanol–water partition coefficient (Wildman–Crippen LogP) is 2.58. The smallest absolute Gasteiger partial charge is 0.341 e. The molecule has 2 rings (SSSR count). The number of aliphatic carboxylic acids is 1. The van der Waals surface area contributed by atoms with Crippen molar-refractivity contribution in [3.63, 3.8) is 0 Å². The van der Waals surface area contributed by atoms with Crippen LogP contribution in [0.25, 0.3) is 0 Å². The van der Waals surface area contributed by atoms with E-state index < -0.39 is 18.6 Å². The number of nitrogens with one attached hydrogen (secondary N) is 1. The first-order valence-electron chi connectivity index (χ1n) is 9.83. The Kier molecular flexibility index (Phi) is 8.29. The number of carboxylic acids is 1. The molecule has 28 heavy (non-hydrogen) atoms. The van der Waals surface area contributed by atoms with E-state index in [1.54, 1.807) is 43.1 Å². The third-order valence-corrected chi connectivity index (χ3v) is 5.03. The number of nitrogens with zero attached hydrogens (tertiary/aromatic N) is 1. The molecular weight excluding hydrogens is 360 g/mol. The van der Waals surface area contributed by atoms with Crippen molar-refractivity contribution in [3.8, 4) is 5.75 Å². The van der Waals surface area contributed by atoms with Crippen molar-refractivity contribution in [1.29, 1.82) is 0 Å². The number of carboxylic acid groups (broad SMARTS) is 1. The normalized spacial score (nSPS) is 15.5. The first-order valence-corrected chi connectivity index (χ1v) is 9.83. The van der Waals surface area contributed by atoms with E-state index in [1.165, 1.54) is 19.3 Å². The van der Waals surface area contributed by atoms with Gasteiger partial charge >= 0.3 is 5.97 Å². The highest BCUT2D eigenvalue weighted by molar-refractivity contribution is 5.87. The van der Waals surface area contributed by atoms with E-state index in [2.05, 4.69) is 5.32 Å². The van der Waals surface area contributed by atoms with Crippen molar-refractivity contribution < 1.29 is 24.2 Å². The Bertz CT molecular complexity index is 668. The van der Waals surface area contributed by atoms with Crippen LogP contribution in [0.2, 0.25) is 0 Å². The van der Waals surface area contributed by atoms with Gasteiger partial charge in [-0.15, -0.1) is 0 Å². The molecule has 0 heterocycles. The zero-order valence-corrected chi connectivity index (χ0v) is 16.6. The van der Waals surface area contributed by atoms with Crippen LogP contribution in [0.15, 0.2) is 24.3 Å². The lowest BCUT2D eigenvalue weighted by Gasteiger charge is -2.24. The van der Waals surface area contributed by atoms with Crippen LogP contribution in [-0.2, 0) is 20.9 Å². The van der Waals surface area contributed by atoms with E-state index in [4.69, 9.17) is 9.84 Å². The number of carbonyl (C=O) groups excluding carboxylic acids is 2. The molecule has 0 spiro atoms. The SMILES string of the molecule is CC(NC(=O)CC1CCCCC1)C(=O)N(C)Cc1ccc(OCC(=O)O)cc1. The molecule has 1 saturated carbocycles. The number of likely N-dealkylation sites (N-methyl/N-ethyl adjacent to an activating group) is 1. The molecule has 7 heteroatoms. The molecule has 0 radical (unpaired) electrons. The van der Waals surface area contributed by atoms with Crippen molar-refractivity contribution in [1.82, 2.24) is 10.2 Å². The van der Waals surface area contributed by atoms with Gasteiger partial charge in [-0.3, -0.25) is 9.59 Å². The summed E-state index contributed by atoms with van der Waals surface area (Å²) in [5, 5.41) is 11.4. The maximum absolute atomic E-state index is 12.5. The standard InChI is InChI=1S/C21H30N2O5/c1-15(22-19(24)12-16-6-4-3-5-7-16)21(27)23(2)13-17-8-10-18(11-9-17)28-14-20(25)26/h8-11,15-16H,3-7,12-14H2,1-2H3,(H,22,24)(H,25,26). The molecular formula is C21H30N2O5. The van der Waals surface area contributed by atoms with Crippen LogP contribution >= 0.6 is 0 Å². The number of carbonyl (C=O) groups is 3. The molecule has 0 aromatic heterocycles. The third kappa shape index (κ3) is 7.21. The van der Waals surface area contributed by atoms with Crippen LogP contribution in [0.3, 0.4) is 0 Å². The van der Waals surface area contributed by atoms with Crippen molar-refractivity contribution >= 4 is 17.8 Å². The van der Waals surface area contributed by atoms with Crippen molar-refractivity contribution in [2.75, 3.05) is 13.7 Å². The molecule has 0 aliphatic heterocycles. The Hall–Kier alpha value is -2.57. The average Bonchev–Trinajstić information content (AvgIpc) is 2.67. The Balaban J connectivity index is 1.78. The van der Waals surface area contributed by atoms with Gasteiger partial charge in [-0.25, -0.2) is 4.79 Å². The summed E-state index contributed by atoms with van der Waals surface area (Å²) >= 11 is 0. The molecule has 0 bridgehead atoms. The highest BCUT2D eigenvalue weighted by Crippen LogP contribution is 2.26. The molecule has 0 saturated heterocycles. The molecule has 154 valence electrons. The summed E-state index contributed by atoms with van der Waals surface area (Å²) in [6, 6.07) is 6.35. The van der Waals surface area contributed by atoms with Gasteiger partial charge in [0.1, 0.15) is 11.8 Å². The minimum atomic E-state index is -1.03. The monoisotopic (exact) mass is 390 g/mol. The van der Waals surface area contributed by atoms with Gasteiger partial charge in [0.05, 0.1) is 0 Å². The molecule has 1 aromatic carbocycles. The van der Waals surface area contributed by atoms with Gasteiger partial charge in [-0.2, -0.15) is 0 Å². The van der Waals surface area contributed by atoms with E-state index in [-0.39, 0.29) is 11.8 Å². The second-order valence-corrected chi connectivity index (χ2v) is 7.52. The van der Waals surface area contributed by atoms with Gasteiger partial charge in [0.15, 0.2) is 6.61 Å². The minimum Gasteiger partial charge on any atom is -0.482 e. The zero-order chi connectivity index (χ0) is 20.5. The van der Waals surface area contributed by atoms with E-state index in [1.807, 2.05) is 0 Å². The molecule has 1 aliphatic carbocycles. The van der Waals surface area contributed by atoms with E-state index >= 15 is 0 Å². The number of amides is 2. The topological polar surface area (TPSA) is 95.9 Å². The number of rotatable bonds is 9. The fourth-order valence-corrected chi connectivity index (χ4v) is 3.53. The van der Waals surface area contributed by atoms with Gasteiger partial charge in [0.2, 0.25) is 11.8 Å². The van der Waals surface area contributed by atoms with Crippen molar-refractivity contribution in [2.24, 2.45) is 5.92 Å². The number of hydrogen-bond donors (Lipinski definition) is 2. The molecule has 7 nitrogen and oxygen atoms in total. The van der Waals surface area contributed by atoms with Crippen LogP contribution in [0.4, 0.5) is 0 Å². The minimum absolute atomic E-state index is 0.0546. The molecule has 1 atom stereocenters. The van der Waals surface area contributed by atoms with E-state index in [0.717, 1.165) is 18.4 Å². The lowest BCUT2D eigenvalue weighted by molar-refractivity contribution is -0.139. The fourth-order valence-electron chi connectivity index (χ4n) is 3.53. The average molecular weight is 390 g/mol. The summed E-state index contributed by atoms with van der Waals surface area (Å²) < 4.78 is 5.09. The number of hydrogen-bond acceptors (Lipinski definition) is 4. The summed E-state index contributed by atoms with van der Waals surface area (Å²) in [5.41, 5.74) is 0.888. The van der Waals surface area contributed by atoms with Crippen LogP contribution < -0.4 is 10.1 Å². The molecule has 2 N–H and O–H groups in total. The van der Waals surface area contributed by atoms with Crippen LogP contribution in [-0.4, -0.2) is 47.5 Å². The van der Waals surface area contributed by atoms with Gasteiger partial charge in [-0.05, 0) is 43.4 Å². The largest absolute Gasteiger partial charge is 0.482 e. The number of ether oxygens (including phenoxy) is 1. The van der Waals surface area contributed by atoms with Crippen LogP contribution in [0.1, 0.15) is 51.0 Å². The summed E-state index contributed by atoms with van der Waals surface area (Å²) in [7, 11) is 1.70. The quantitative estimate of drug-likeness (QED) is 0.676. The third-order valence-electron chi connectivity index (χ3n) is 5.03. The van der Waals surface area contributed by atoms with Crippen LogP contribution in [0.5, 0.6) is 5.75 Å². The highest BCUT2D eigenvalue weighted by Gasteiger charge is 2.22. The fraction of sp³-hybridized carbons (Fsp3) is 0.571. The Morgan fingerprint density at radius 2 is 1.82 bits per heavy atom. The van der Waals surface area contributed by atoms with E-state index in [9.17, 15) is 14.4 Å². The molecule has 1 aromatic rings. The van der Waals surface area contributed by atoms with E-state index in [0.29, 0.717) is 24.6 Å². The Morgan fingerprint density at radius 3 is 2.43 bits per heavy atom. The van der Waals surface area contributed by atoms with Gasteiger partial charge in [0.25, 0.3) is 0 Å². The maximum Gasteiger partial charge on any atom is 0.341 e. The second kappa shape index (κ2) is 10.7. The molecule has 2 amide bonds. The lowest BCUT2D eigenvalue weighted by atomic mass is 9.87. The summed E-state index contributed by atoms with van der Waals surface area (Å²) in [6.45, 7) is 1.71.